The molecule has 1 heterocycles. The van der Waals surface area contributed by atoms with E-state index in [0.717, 1.165) is 51.1 Å². The number of methoxy groups -OCH3 is 3. The quantitative estimate of drug-likeness (QED) is 0.643. The van der Waals surface area contributed by atoms with Crippen molar-refractivity contribution in [1.29, 1.82) is 0 Å². The molecule has 0 saturated carbocycles. The summed E-state index contributed by atoms with van der Waals surface area (Å²) in [6.45, 7) is 6.56. The van der Waals surface area contributed by atoms with Crippen molar-refractivity contribution in [2.45, 2.75) is 39.3 Å². The second-order valence-corrected chi connectivity index (χ2v) is 7.87. The van der Waals surface area contributed by atoms with Gasteiger partial charge in [-0.3, -0.25) is 0 Å². The van der Waals surface area contributed by atoms with Gasteiger partial charge in [-0.05, 0) is 61.4 Å². The summed E-state index contributed by atoms with van der Waals surface area (Å²) < 4.78 is 17.4. The maximum Gasteiger partial charge on any atom is 0.131 e. The van der Waals surface area contributed by atoms with Crippen LogP contribution in [0.4, 0.5) is 0 Å². The Labute approximate surface area is 172 Å². The van der Waals surface area contributed by atoms with Gasteiger partial charge in [-0.2, -0.15) is 0 Å². The third-order valence-electron chi connectivity index (χ3n) is 5.98. The number of nitrogens with one attached hydrogen (secondary N) is 1. The zero-order chi connectivity index (χ0) is 20.7. The Morgan fingerprint density at radius 2 is 1.69 bits per heavy atom. The Kier molecular flexibility index (Phi) is 5.13. The normalized spacial score (nSPS) is 18.4. The molecule has 3 aromatic carbocycles. The van der Waals surface area contributed by atoms with Gasteiger partial charge in [0.25, 0.3) is 0 Å². The van der Waals surface area contributed by atoms with Gasteiger partial charge >= 0.3 is 0 Å². The van der Waals surface area contributed by atoms with Crippen molar-refractivity contribution in [3.05, 3.63) is 53.1 Å². The van der Waals surface area contributed by atoms with Crippen LogP contribution >= 0.6 is 0 Å². The minimum absolute atomic E-state index is 0.239. The van der Waals surface area contributed by atoms with Gasteiger partial charge in [-0.15, -0.1) is 0 Å². The average Bonchev–Trinajstić information content (AvgIpc) is 2.71. The third-order valence-corrected chi connectivity index (χ3v) is 5.98. The molecule has 4 rings (SSSR count). The van der Waals surface area contributed by atoms with Crippen LogP contribution in [0.25, 0.3) is 21.9 Å². The first-order valence-electron chi connectivity index (χ1n) is 10.1. The van der Waals surface area contributed by atoms with E-state index >= 15 is 0 Å². The summed E-state index contributed by atoms with van der Waals surface area (Å²) in [4.78, 5) is 0. The van der Waals surface area contributed by atoms with E-state index in [1.54, 1.807) is 21.3 Å². The van der Waals surface area contributed by atoms with Crippen LogP contribution in [0.2, 0.25) is 0 Å². The van der Waals surface area contributed by atoms with Crippen LogP contribution in [-0.4, -0.2) is 27.4 Å². The molecule has 2 atom stereocenters. The lowest BCUT2D eigenvalue weighted by atomic mass is 9.85. The summed E-state index contributed by atoms with van der Waals surface area (Å²) in [5, 5.41) is 5.74. The Hall–Kier alpha value is -2.72. The molecule has 0 saturated heterocycles. The van der Waals surface area contributed by atoms with Crippen LogP contribution in [0.15, 0.2) is 36.4 Å². The highest BCUT2D eigenvalue weighted by atomic mass is 16.5. The summed E-state index contributed by atoms with van der Waals surface area (Å²) in [6, 6.07) is 13.4. The monoisotopic (exact) mass is 391 g/mol. The van der Waals surface area contributed by atoms with Crippen LogP contribution in [-0.2, 0) is 6.42 Å². The molecular formula is C25H29NO3. The Bertz CT molecular complexity index is 1070. The number of benzene rings is 3. The molecule has 0 unspecified atom stereocenters. The number of hydrogen-bond donors (Lipinski definition) is 1. The number of ether oxygens (including phenoxy) is 3. The molecular weight excluding hydrogens is 362 g/mol. The van der Waals surface area contributed by atoms with Crippen LogP contribution in [0, 0.1) is 6.92 Å². The molecule has 1 aliphatic heterocycles. The summed E-state index contributed by atoms with van der Waals surface area (Å²) in [6.07, 6.45) is 1.01. The van der Waals surface area contributed by atoms with Crippen molar-refractivity contribution in [3.8, 4) is 28.4 Å². The molecule has 0 radical (unpaired) electrons. The van der Waals surface area contributed by atoms with Gasteiger partial charge in [0.1, 0.15) is 17.2 Å². The largest absolute Gasteiger partial charge is 0.496 e. The maximum absolute atomic E-state index is 6.02. The van der Waals surface area contributed by atoms with Crippen LogP contribution < -0.4 is 19.5 Å². The fourth-order valence-electron chi connectivity index (χ4n) is 4.84. The predicted molar refractivity (Wildman–Crippen MR) is 118 cm³/mol. The van der Waals surface area contributed by atoms with Gasteiger partial charge in [-0.1, -0.05) is 24.3 Å². The van der Waals surface area contributed by atoms with E-state index in [1.807, 2.05) is 12.1 Å². The molecule has 4 heteroatoms. The summed E-state index contributed by atoms with van der Waals surface area (Å²) in [5.74, 6) is 2.58. The van der Waals surface area contributed by atoms with Gasteiger partial charge in [0.15, 0.2) is 0 Å². The van der Waals surface area contributed by atoms with Crippen LogP contribution in [0.5, 0.6) is 17.2 Å². The molecule has 1 aliphatic rings. The zero-order valence-electron chi connectivity index (χ0n) is 18.1. The molecule has 4 nitrogen and oxygen atoms in total. The van der Waals surface area contributed by atoms with E-state index in [-0.39, 0.29) is 6.04 Å². The lowest BCUT2D eigenvalue weighted by molar-refractivity contribution is 0.383. The van der Waals surface area contributed by atoms with Crippen molar-refractivity contribution < 1.29 is 14.2 Å². The molecule has 3 aromatic rings. The predicted octanol–water partition coefficient (Wildman–Crippen LogP) is 5.44. The van der Waals surface area contributed by atoms with E-state index in [2.05, 4.69) is 50.4 Å². The highest BCUT2D eigenvalue weighted by molar-refractivity contribution is 6.05. The molecule has 0 aromatic heterocycles. The molecule has 0 bridgehead atoms. The smallest absolute Gasteiger partial charge is 0.131 e. The van der Waals surface area contributed by atoms with E-state index in [4.69, 9.17) is 14.2 Å². The maximum atomic E-state index is 6.02. The SMILES string of the molecule is COc1c(-c2c(C)cc(OC)c3c(OC)cccc23)ccc2c1[C@@H](C)N[C@H](C)C2. The second kappa shape index (κ2) is 7.60. The standard InChI is InChI=1S/C25H29NO3/c1-14-12-21(28-5)24-18(8-7-9-20(24)27-4)22(14)19-11-10-17-13-15(2)26-16(3)23(17)25(19)29-6/h7-12,15-16,26H,13H2,1-6H3/t15-,16-/m1/s1. The fourth-order valence-corrected chi connectivity index (χ4v) is 4.84. The summed E-state index contributed by atoms with van der Waals surface area (Å²) >= 11 is 0. The van der Waals surface area contributed by atoms with Crippen molar-refractivity contribution in [2.24, 2.45) is 0 Å². The highest BCUT2D eigenvalue weighted by Gasteiger charge is 2.27. The second-order valence-electron chi connectivity index (χ2n) is 7.87. The van der Waals surface area contributed by atoms with Crippen molar-refractivity contribution in [1.82, 2.24) is 5.32 Å². The summed E-state index contributed by atoms with van der Waals surface area (Å²) in [7, 11) is 5.17. The number of fused-ring (bicyclic) bond motifs is 2. The first-order chi connectivity index (χ1) is 14.0. The Morgan fingerprint density at radius 1 is 0.931 bits per heavy atom. The number of aryl methyl sites for hydroxylation is 1. The minimum atomic E-state index is 0.239. The van der Waals surface area contributed by atoms with Crippen molar-refractivity contribution in [2.75, 3.05) is 21.3 Å². The van der Waals surface area contributed by atoms with Gasteiger partial charge in [0.05, 0.1) is 26.7 Å². The van der Waals surface area contributed by atoms with Crippen LogP contribution in [0.1, 0.15) is 36.6 Å². The molecule has 0 amide bonds. The Morgan fingerprint density at radius 3 is 2.38 bits per heavy atom. The first-order valence-corrected chi connectivity index (χ1v) is 10.1. The lowest BCUT2D eigenvalue weighted by Crippen LogP contribution is -2.36. The van der Waals surface area contributed by atoms with E-state index in [1.165, 1.54) is 11.1 Å². The van der Waals surface area contributed by atoms with Crippen molar-refractivity contribution in [3.63, 3.8) is 0 Å². The minimum Gasteiger partial charge on any atom is -0.496 e. The Balaban J connectivity index is 2.06. The van der Waals surface area contributed by atoms with Crippen LogP contribution in [0.3, 0.4) is 0 Å². The molecule has 0 fully saturated rings. The van der Waals surface area contributed by atoms with Gasteiger partial charge in [-0.25, -0.2) is 0 Å². The number of rotatable bonds is 4. The van der Waals surface area contributed by atoms with E-state index < -0.39 is 0 Å². The van der Waals surface area contributed by atoms with E-state index in [9.17, 15) is 0 Å². The number of hydrogen-bond acceptors (Lipinski definition) is 4. The molecule has 0 spiro atoms. The molecule has 0 aliphatic carbocycles. The third kappa shape index (κ3) is 3.12. The van der Waals surface area contributed by atoms with Gasteiger partial charge in [0.2, 0.25) is 0 Å². The van der Waals surface area contributed by atoms with Crippen molar-refractivity contribution >= 4 is 10.8 Å². The average molecular weight is 392 g/mol. The van der Waals surface area contributed by atoms with Gasteiger partial charge in [0, 0.05) is 23.2 Å². The lowest BCUT2D eigenvalue weighted by Gasteiger charge is -2.32. The fraction of sp³-hybridized carbons (Fsp3) is 0.360. The molecule has 29 heavy (non-hydrogen) atoms. The highest BCUT2D eigenvalue weighted by Crippen LogP contribution is 2.47. The molecule has 1 N–H and O–H groups in total. The summed E-state index contributed by atoms with van der Waals surface area (Å²) in [5.41, 5.74) is 6.02. The zero-order valence-corrected chi connectivity index (χ0v) is 18.1. The topological polar surface area (TPSA) is 39.7 Å². The first kappa shape index (κ1) is 19.6. The van der Waals surface area contributed by atoms with E-state index in [0.29, 0.717) is 6.04 Å². The molecule has 152 valence electrons. The van der Waals surface area contributed by atoms with Gasteiger partial charge < -0.3 is 19.5 Å².